The summed E-state index contributed by atoms with van der Waals surface area (Å²) >= 11 is 6.84. The van der Waals surface area contributed by atoms with Crippen LogP contribution in [0.4, 0.5) is 10.5 Å². The average Bonchev–Trinajstić information content (AvgIpc) is 2.86. The van der Waals surface area contributed by atoms with Gasteiger partial charge in [0.2, 0.25) is 10.0 Å². The third-order valence-corrected chi connectivity index (χ3v) is 9.08. The van der Waals surface area contributed by atoms with E-state index in [0.29, 0.717) is 37.4 Å². The van der Waals surface area contributed by atoms with Crippen molar-refractivity contribution in [3.63, 3.8) is 0 Å². The van der Waals surface area contributed by atoms with Gasteiger partial charge in [0.05, 0.1) is 10.6 Å². The Morgan fingerprint density at radius 3 is 2.11 bits per heavy atom. The van der Waals surface area contributed by atoms with Crippen molar-refractivity contribution in [1.29, 1.82) is 0 Å². The van der Waals surface area contributed by atoms with Crippen LogP contribution in [0.5, 0.6) is 11.5 Å². The van der Waals surface area contributed by atoms with Crippen LogP contribution in [0.15, 0.2) is 80.6 Å². The van der Waals surface area contributed by atoms with Crippen LogP contribution >= 0.6 is 31.9 Å². The van der Waals surface area contributed by atoms with Crippen molar-refractivity contribution >= 4 is 53.7 Å². The lowest BCUT2D eigenvalue weighted by atomic mass is 10.0. The summed E-state index contributed by atoms with van der Waals surface area (Å²) < 4.78 is 41.0. The molecule has 0 atom stereocenters. The van der Waals surface area contributed by atoms with Gasteiger partial charge in [-0.2, -0.15) is 4.31 Å². The second-order valence-electron chi connectivity index (χ2n) is 8.36. The van der Waals surface area contributed by atoms with Crippen LogP contribution in [-0.4, -0.2) is 37.9 Å². The Balaban J connectivity index is 1.26. The van der Waals surface area contributed by atoms with E-state index in [1.807, 2.05) is 42.5 Å². The number of sulfonamides is 1. The molecule has 3 aromatic carbocycles. The number of amides is 1. The van der Waals surface area contributed by atoms with Crippen LogP contribution in [0, 0.1) is 0 Å². The molecule has 0 aromatic heterocycles. The minimum atomic E-state index is -3.66. The molecule has 1 saturated heterocycles. The van der Waals surface area contributed by atoms with Crippen LogP contribution in [0.1, 0.15) is 18.4 Å². The zero-order chi connectivity index (χ0) is 24.6. The highest BCUT2D eigenvalue weighted by atomic mass is 79.9. The standard InChI is InChI=1S/C25H22Br2N2O5S/c26-18-1-4-21(5-2-18)34-22-6-8-23(9-7-22)35(31,32)28-13-11-20(12-14-28)29-24-10-3-19(27)15-17(24)16-33-25(29)30/h1-10,15,20H,11-14,16H2. The fraction of sp³-hybridized carbons (Fsp3) is 0.240. The predicted molar refractivity (Wildman–Crippen MR) is 139 cm³/mol. The minimum absolute atomic E-state index is 0.129. The van der Waals surface area contributed by atoms with Gasteiger partial charge < -0.3 is 9.47 Å². The maximum atomic E-state index is 13.2. The van der Waals surface area contributed by atoms with Gasteiger partial charge in [-0.15, -0.1) is 0 Å². The number of hydrogen-bond acceptors (Lipinski definition) is 5. The number of nitrogens with zero attached hydrogens (tertiary/aromatic N) is 2. The van der Waals surface area contributed by atoms with Crippen LogP contribution < -0.4 is 9.64 Å². The fourth-order valence-corrected chi connectivity index (χ4v) is 6.51. The zero-order valence-corrected chi connectivity index (χ0v) is 22.6. The lowest BCUT2D eigenvalue weighted by molar-refractivity contribution is 0.135. The Kier molecular flexibility index (Phi) is 6.89. The summed E-state index contributed by atoms with van der Waals surface area (Å²) in [6.45, 7) is 0.873. The number of carbonyl (C=O) groups excluding carboxylic acids is 1. The van der Waals surface area contributed by atoms with Gasteiger partial charge in [-0.25, -0.2) is 13.2 Å². The second-order valence-corrected chi connectivity index (χ2v) is 12.1. The molecule has 35 heavy (non-hydrogen) atoms. The predicted octanol–water partition coefficient (Wildman–Crippen LogP) is 6.31. The number of anilines is 1. The molecule has 182 valence electrons. The summed E-state index contributed by atoms with van der Waals surface area (Å²) in [5, 5.41) is 0. The van der Waals surface area contributed by atoms with E-state index < -0.39 is 10.0 Å². The molecule has 2 heterocycles. The Bertz CT molecular complexity index is 1340. The summed E-state index contributed by atoms with van der Waals surface area (Å²) in [4.78, 5) is 14.5. The van der Waals surface area contributed by atoms with Gasteiger partial charge in [-0.05, 0) is 79.6 Å². The van der Waals surface area contributed by atoms with Crippen molar-refractivity contribution in [3.05, 3.63) is 81.2 Å². The molecule has 0 N–H and O–H groups in total. The fourth-order valence-electron chi connectivity index (χ4n) is 4.37. The van der Waals surface area contributed by atoms with Gasteiger partial charge in [0.25, 0.3) is 0 Å². The van der Waals surface area contributed by atoms with Crippen molar-refractivity contribution in [2.24, 2.45) is 0 Å². The largest absolute Gasteiger partial charge is 0.457 e. The van der Waals surface area contributed by atoms with Crippen molar-refractivity contribution in [3.8, 4) is 11.5 Å². The molecule has 3 aromatic rings. The normalized spacial score (nSPS) is 17.1. The summed E-state index contributed by atoms with van der Waals surface area (Å²) in [5.41, 5.74) is 1.76. The number of fused-ring (bicyclic) bond motifs is 1. The van der Waals surface area contributed by atoms with E-state index in [1.54, 1.807) is 29.2 Å². The molecule has 1 fully saturated rings. The third kappa shape index (κ3) is 5.11. The number of cyclic esters (lactones) is 1. The maximum Gasteiger partial charge on any atom is 0.414 e. The highest BCUT2D eigenvalue weighted by Crippen LogP contribution is 2.34. The van der Waals surface area contributed by atoms with E-state index >= 15 is 0 Å². The number of rotatable bonds is 5. The average molecular weight is 622 g/mol. The Morgan fingerprint density at radius 1 is 0.857 bits per heavy atom. The van der Waals surface area contributed by atoms with Gasteiger partial charge in [-0.3, -0.25) is 4.90 Å². The molecule has 7 nitrogen and oxygen atoms in total. The van der Waals surface area contributed by atoms with E-state index in [2.05, 4.69) is 31.9 Å². The lowest BCUT2D eigenvalue weighted by Crippen LogP contribution is -2.50. The summed E-state index contributed by atoms with van der Waals surface area (Å²) in [7, 11) is -3.66. The van der Waals surface area contributed by atoms with Crippen LogP contribution in [0.25, 0.3) is 0 Å². The smallest absolute Gasteiger partial charge is 0.414 e. The Labute approximate surface area is 220 Å². The topological polar surface area (TPSA) is 76.2 Å². The number of halogens is 2. The minimum Gasteiger partial charge on any atom is -0.457 e. The van der Waals surface area contributed by atoms with Gasteiger partial charge in [0.1, 0.15) is 18.1 Å². The Morgan fingerprint density at radius 2 is 1.46 bits per heavy atom. The van der Waals surface area contributed by atoms with E-state index in [0.717, 1.165) is 20.2 Å². The second kappa shape index (κ2) is 9.93. The molecule has 0 saturated carbocycles. The van der Waals surface area contributed by atoms with Gasteiger partial charge in [0.15, 0.2) is 0 Å². The molecule has 0 bridgehead atoms. The number of hydrogen-bond donors (Lipinski definition) is 0. The number of piperidine rings is 1. The van der Waals surface area contributed by atoms with Crippen molar-refractivity contribution in [2.45, 2.75) is 30.4 Å². The van der Waals surface area contributed by atoms with Gasteiger partial charge >= 0.3 is 6.09 Å². The first kappa shape index (κ1) is 24.3. The van der Waals surface area contributed by atoms with E-state index in [4.69, 9.17) is 9.47 Å². The first-order valence-electron chi connectivity index (χ1n) is 11.1. The number of ether oxygens (including phenoxy) is 2. The zero-order valence-electron chi connectivity index (χ0n) is 18.6. The molecule has 0 spiro atoms. The van der Waals surface area contributed by atoms with Crippen molar-refractivity contribution < 1.29 is 22.7 Å². The van der Waals surface area contributed by atoms with Gasteiger partial charge in [0, 0.05) is 33.6 Å². The third-order valence-electron chi connectivity index (χ3n) is 6.15. The molecule has 2 aliphatic heterocycles. The monoisotopic (exact) mass is 620 g/mol. The quantitative estimate of drug-likeness (QED) is 0.334. The molecule has 1 amide bonds. The molecule has 5 rings (SSSR count). The lowest BCUT2D eigenvalue weighted by Gasteiger charge is -2.39. The van der Waals surface area contributed by atoms with Crippen LogP contribution in [-0.2, 0) is 21.4 Å². The van der Waals surface area contributed by atoms with E-state index in [-0.39, 0.29) is 23.6 Å². The molecule has 0 aliphatic carbocycles. The van der Waals surface area contributed by atoms with Gasteiger partial charge in [-0.1, -0.05) is 31.9 Å². The maximum absolute atomic E-state index is 13.2. The molecule has 0 unspecified atom stereocenters. The van der Waals surface area contributed by atoms with Crippen LogP contribution in [0.2, 0.25) is 0 Å². The molecule has 10 heteroatoms. The highest BCUT2D eigenvalue weighted by Gasteiger charge is 2.37. The molecular weight excluding hydrogens is 600 g/mol. The first-order chi connectivity index (χ1) is 16.8. The molecule has 0 radical (unpaired) electrons. The Hall–Kier alpha value is -2.40. The molecule has 2 aliphatic rings. The summed E-state index contributed by atoms with van der Waals surface area (Å²) in [5.74, 6) is 1.22. The van der Waals surface area contributed by atoms with E-state index in [9.17, 15) is 13.2 Å². The summed E-state index contributed by atoms with van der Waals surface area (Å²) in [6, 6.07) is 19.4. The highest BCUT2D eigenvalue weighted by molar-refractivity contribution is 9.10. The summed E-state index contributed by atoms with van der Waals surface area (Å²) in [6.07, 6.45) is 0.658. The van der Waals surface area contributed by atoms with Crippen molar-refractivity contribution in [2.75, 3.05) is 18.0 Å². The molecular formula is C25H22Br2N2O5S. The van der Waals surface area contributed by atoms with Crippen molar-refractivity contribution in [1.82, 2.24) is 4.31 Å². The first-order valence-corrected chi connectivity index (χ1v) is 14.1. The number of benzene rings is 3. The number of carbonyl (C=O) groups is 1. The van der Waals surface area contributed by atoms with Crippen LogP contribution in [0.3, 0.4) is 0 Å². The van der Waals surface area contributed by atoms with E-state index in [1.165, 1.54) is 4.31 Å². The SMILES string of the molecule is O=C1OCc2cc(Br)ccc2N1C1CCN(S(=O)(=O)c2ccc(Oc3ccc(Br)cc3)cc2)CC1.